The number of aromatic nitrogens is 2. The maximum Gasteiger partial charge on any atom is 0.279 e. The summed E-state index contributed by atoms with van der Waals surface area (Å²) in [6.07, 6.45) is 0. The van der Waals surface area contributed by atoms with Gasteiger partial charge in [0, 0.05) is 21.5 Å². The Morgan fingerprint density at radius 1 is 1.26 bits per heavy atom. The Bertz CT molecular complexity index is 885. The van der Waals surface area contributed by atoms with Crippen LogP contribution in [-0.2, 0) is 0 Å². The first-order valence-corrected chi connectivity index (χ1v) is 8.12. The molecule has 0 saturated heterocycles. The highest BCUT2D eigenvalue weighted by molar-refractivity contribution is 7.16. The van der Waals surface area contributed by atoms with Gasteiger partial charge in [-0.1, -0.05) is 28.9 Å². The smallest absolute Gasteiger partial charge is 0.279 e. The number of nitrogens with zero attached hydrogens (tertiary/aromatic N) is 2. The molecule has 1 N–H and O–H groups in total. The van der Waals surface area contributed by atoms with E-state index in [0.717, 1.165) is 21.7 Å². The second-order valence-electron chi connectivity index (χ2n) is 5.16. The molecule has 0 aliphatic carbocycles. The van der Waals surface area contributed by atoms with Gasteiger partial charge in [-0.2, -0.15) is 0 Å². The molecule has 3 rings (SSSR count). The zero-order chi connectivity index (χ0) is 16.6. The minimum Gasteiger partial charge on any atom is -0.361 e. The van der Waals surface area contributed by atoms with Crippen LogP contribution in [0.2, 0.25) is 5.02 Å². The van der Waals surface area contributed by atoms with E-state index >= 15 is 0 Å². The van der Waals surface area contributed by atoms with Gasteiger partial charge in [-0.15, -0.1) is 11.3 Å². The number of aryl methyl sites for hydroxylation is 3. The van der Waals surface area contributed by atoms with Crippen molar-refractivity contribution < 1.29 is 9.32 Å². The maximum atomic E-state index is 12.1. The van der Waals surface area contributed by atoms with Crippen LogP contribution in [0.4, 0.5) is 5.13 Å². The topological polar surface area (TPSA) is 68.0 Å². The van der Waals surface area contributed by atoms with Crippen LogP contribution in [0.25, 0.3) is 11.3 Å². The third-order valence-corrected chi connectivity index (χ3v) is 4.62. The lowest BCUT2D eigenvalue weighted by atomic mass is 10.1. The summed E-state index contributed by atoms with van der Waals surface area (Å²) in [6, 6.07) is 7.38. The molecule has 2 aromatic heterocycles. The maximum absolute atomic E-state index is 12.1. The van der Waals surface area contributed by atoms with Crippen LogP contribution in [-0.4, -0.2) is 16.0 Å². The van der Waals surface area contributed by atoms with Crippen molar-refractivity contribution in [3.05, 3.63) is 51.2 Å². The minimum absolute atomic E-state index is 0.232. The van der Waals surface area contributed by atoms with Crippen LogP contribution in [0.1, 0.15) is 26.7 Å². The summed E-state index contributed by atoms with van der Waals surface area (Å²) >= 11 is 7.58. The lowest BCUT2D eigenvalue weighted by molar-refractivity contribution is 0.101. The summed E-state index contributed by atoms with van der Waals surface area (Å²) < 4.78 is 4.90. The third kappa shape index (κ3) is 3.28. The van der Waals surface area contributed by atoms with E-state index in [9.17, 15) is 4.79 Å². The number of rotatable bonds is 3. The van der Waals surface area contributed by atoms with Crippen molar-refractivity contribution in [3.63, 3.8) is 0 Å². The molecular formula is C16H14ClN3O2S. The van der Waals surface area contributed by atoms with Crippen molar-refractivity contribution in [2.75, 3.05) is 5.32 Å². The number of hydrogen-bond donors (Lipinski definition) is 1. The van der Waals surface area contributed by atoms with Gasteiger partial charge in [0.25, 0.3) is 5.91 Å². The average molecular weight is 348 g/mol. The van der Waals surface area contributed by atoms with Crippen LogP contribution >= 0.6 is 22.9 Å². The van der Waals surface area contributed by atoms with Gasteiger partial charge in [-0.05, 0) is 32.4 Å². The number of anilines is 1. The summed E-state index contributed by atoms with van der Waals surface area (Å²) in [5.74, 6) is 0.240. The number of thiazole rings is 1. The van der Waals surface area contributed by atoms with Gasteiger partial charge in [-0.3, -0.25) is 10.1 Å². The lowest BCUT2D eigenvalue weighted by Gasteiger charge is -2.02. The predicted molar refractivity (Wildman–Crippen MR) is 91.2 cm³/mol. The fourth-order valence-electron chi connectivity index (χ4n) is 2.09. The number of carbonyl (C=O) groups excluding carboxylic acids is 1. The molecule has 3 aromatic rings. The van der Waals surface area contributed by atoms with Crippen molar-refractivity contribution in [2.24, 2.45) is 0 Å². The molecular weight excluding hydrogens is 334 g/mol. The molecule has 0 aliphatic rings. The zero-order valence-corrected chi connectivity index (χ0v) is 14.4. The van der Waals surface area contributed by atoms with Crippen LogP contribution < -0.4 is 5.32 Å². The predicted octanol–water partition coefficient (Wildman–Crippen LogP) is 4.63. The summed E-state index contributed by atoms with van der Waals surface area (Å²) in [5.41, 5.74) is 2.98. The monoisotopic (exact) mass is 347 g/mol. The molecule has 0 bridgehead atoms. The highest BCUT2D eigenvalue weighted by Gasteiger charge is 2.16. The Morgan fingerprint density at radius 3 is 2.70 bits per heavy atom. The molecule has 0 aliphatic heterocycles. The Balaban J connectivity index is 1.86. The van der Waals surface area contributed by atoms with Gasteiger partial charge in [0.2, 0.25) is 0 Å². The molecule has 0 radical (unpaired) electrons. The Hall–Kier alpha value is -2.18. The molecule has 0 unspecified atom stereocenters. The SMILES string of the molecule is Cc1cc(C(=O)Nc2nc(-c3ccc(C)c(Cl)c3)c(C)s2)no1. The normalized spacial score (nSPS) is 10.8. The van der Waals surface area contributed by atoms with E-state index in [0.29, 0.717) is 15.9 Å². The number of carbonyl (C=O) groups is 1. The lowest BCUT2D eigenvalue weighted by Crippen LogP contribution is -2.11. The second kappa shape index (κ2) is 6.14. The molecule has 0 spiro atoms. The van der Waals surface area contributed by atoms with E-state index < -0.39 is 0 Å². The van der Waals surface area contributed by atoms with Crippen LogP contribution in [0.5, 0.6) is 0 Å². The van der Waals surface area contributed by atoms with Crippen LogP contribution in [0, 0.1) is 20.8 Å². The first-order chi connectivity index (χ1) is 10.9. The molecule has 0 atom stereocenters. The van der Waals surface area contributed by atoms with Crippen molar-refractivity contribution in [1.82, 2.24) is 10.1 Å². The van der Waals surface area contributed by atoms with Gasteiger partial charge in [0.05, 0.1) is 5.69 Å². The Labute approximate surface area is 142 Å². The van der Waals surface area contributed by atoms with Gasteiger partial charge in [-0.25, -0.2) is 4.98 Å². The van der Waals surface area contributed by atoms with E-state index in [2.05, 4.69) is 15.5 Å². The number of benzene rings is 1. The average Bonchev–Trinajstić information content (AvgIpc) is 3.08. The molecule has 118 valence electrons. The molecule has 7 heteroatoms. The van der Waals surface area contributed by atoms with Crippen molar-refractivity contribution in [1.29, 1.82) is 0 Å². The first-order valence-electron chi connectivity index (χ1n) is 6.92. The second-order valence-corrected chi connectivity index (χ2v) is 6.78. The van der Waals surface area contributed by atoms with E-state index in [1.54, 1.807) is 13.0 Å². The quantitative estimate of drug-likeness (QED) is 0.750. The van der Waals surface area contributed by atoms with Gasteiger partial charge in [0.15, 0.2) is 10.8 Å². The van der Waals surface area contributed by atoms with E-state index in [1.165, 1.54) is 11.3 Å². The molecule has 5 nitrogen and oxygen atoms in total. The standard InChI is InChI=1S/C16H14ClN3O2S/c1-8-4-5-11(7-12(8)17)14-10(3)23-16(18-14)19-15(21)13-6-9(2)22-20-13/h4-7H,1-3H3,(H,18,19,21). The van der Waals surface area contributed by atoms with Crippen LogP contribution in [0.3, 0.4) is 0 Å². The third-order valence-electron chi connectivity index (χ3n) is 3.32. The zero-order valence-electron chi connectivity index (χ0n) is 12.8. The highest BCUT2D eigenvalue weighted by atomic mass is 35.5. The fraction of sp³-hybridized carbons (Fsp3) is 0.188. The van der Waals surface area contributed by atoms with Crippen molar-refractivity contribution in [2.45, 2.75) is 20.8 Å². The van der Waals surface area contributed by atoms with Gasteiger partial charge < -0.3 is 4.52 Å². The summed E-state index contributed by atoms with van der Waals surface area (Å²) in [6.45, 7) is 5.64. The minimum atomic E-state index is -0.343. The van der Waals surface area contributed by atoms with E-state index in [-0.39, 0.29) is 11.6 Å². The first kappa shape index (κ1) is 15.7. The Morgan fingerprint density at radius 2 is 2.04 bits per heavy atom. The fourth-order valence-corrected chi connectivity index (χ4v) is 3.10. The van der Waals surface area contributed by atoms with Crippen molar-refractivity contribution in [3.8, 4) is 11.3 Å². The molecule has 1 amide bonds. The summed E-state index contributed by atoms with van der Waals surface area (Å²) in [7, 11) is 0. The largest absolute Gasteiger partial charge is 0.361 e. The Kier molecular flexibility index (Phi) is 4.19. The van der Waals surface area contributed by atoms with Gasteiger partial charge >= 0.3 is 0 Å². The van der Waals surface area contributed by atoms with Gasteiger partial charge in [0.1, 0.15) is 5.76 Å². The number of amides is 1. The summed E-state index contributed by atoms with van der Waals surface area (Å²) in [4.78, 5) is 17.6. The molecule has 23 heavy (non-hydrogen) atoms. The molecule has 1 aromatic carbocycles. The molecule has 2 heterocycles. The molecule has 0 fully saturated rings. The van der Waals surface area contributed by atoms with Crippen molar-refractivity contribution >= 4 is 34.0 Å². The van der Waals surface area contributed by atoms with E-state index in [4.69, 9.17) is 16.1 Å². The van der Waals surface area contributed by atoms with E-state index in [1.807, 2.05) is 32.0 Å². The number of hydrogen-bond acceptors (Lipinski definition) is 5. The summed E-state index contributed by atoms with van der Waals surface area (Å²) in [5, 5.41) is 7.64. The van der Waals surface area contributed by atoms with Crippen LogP contribution in [0.15, 0.2) is 28.8 Å². The molecule has 0 saturated carbocycles. The number of nitrogens with one attached hydrogen (secondary N) is 1. The number of halogens is 1. The highest BCUT2D eigenvalue weighted by Crippen LogP contribution is 2.32.